The molecule has 2 rings (SSSR count). The molecule has 0 aliphatic heterocycles. The van der Waals surface area contributed by atoms with Crippen LogP contribution in [0.3, 0.4) is 0 Å². The zero-order valence-electron chi connectivity index (χ0n) is 14.0. The number of nitrogens with one attached hydrogen (secondary N) is 2. The van der Waals surface area contributed by atoms with Crippen molar-refractivity contribution in [1.29, 1.82) is 0 Å². The van der Waals surface area contributed by atoms with Crippen LogP contribution in [0.15, 0.2) is 24.3 Å². The number of ether oxygens (including phenoxy) is 1. The molecule has 1 aromatic rings. The molecule has 0 saturated heterocycles. The summed E-state index contributed by atoms with van der Waals surface area (Å²) < 4.78 is 5.92. The van der Waals surface area contributed by atoms with Gasteiger partial charge in [0, 0.05) is 6.04 Å². The molecule has 0 bridgehead atoms. The largest absolute Gasteiger partial charge is 0.489 e. The number of benzene rings is 1. The normalized spacial score (nSPS) is 22.2. The summed E-state index contributed by atoms with van der Waals surface area (Å²) in [6.45, 7) is 4.55. The molecular weight excluding hydrogens is 292 g/mol. The minimum absolute atomic E-state index is 0.0456. The highest BCUT2D eigenvalue weighted by Crippen LogP contribution is 2.18. The molecule has 1 fully saturated rings. The second-order valence-electron chi connectivity index (χ2n) is 6.32. The van der Waals surface area contributed by atoms with Gasteiger partial charge in [0.2, 0.25) is 0 Å². The highest BCUT2D eigenvalue weighted by atomic mass is 16.5. The van der Waals surface area contributed by atoms with E-state index in [1.807, 2.05) is 38.1 Å². The number of hydrogen-bond acceptors (Lipinski definition) is 3. The van der Waals surface area contributed by atoms with E-state index in [1.54, 1.807) is 0 Å². The van der Waals surface area contributed by atoms with Gasteiger partial charge in [0.15, 0.2) is 0 Å². The Morgan fingerprint density at radius 1 is 1.35 bits per heavy atom. The lowest BCUT2D eigenvalue weighted by Crippen LogP contribution is -2.46. The molecule has 128 valence electrons. The smallest absolute Gasteiger partial charge is 0.315 e. The number of carbonyl (C=O) groups excluding carboxylic acids is 1. The summed E-state index contributed by atoms with van der Waals surface area (Å²) in [5.74, 6) is 0.834. The summed E-state index contributed by atoms with van der Waals surface area (Å²) in [7, 11) is 0. The summed E-state index contributed by atoms with van der Waals surface area (Å²) in [5, 5.41) is 15.3. The van der Waals surface area contributed by atoms with Crippen LogP contribution in [0.2, 0.25) is 0 Å². The fourth-order valence-corrected chi connectivity index (χ4v) is 2.81. The van der Waals surface area contributed by atoms with E-state index in [4.69, 9.17) is 4.74 Å². The fraction of sp³-hybridized carbons (Fsp3) is 0.611. The summed E-state index contributed by atoms with van der Waals surface area (Å²) in [6.07, 6.45) is 3.78. The highest BCUT2D eigenvalue weighted by molar-refractivity contribution is 5.74. The standard InChI is InChI=1S/C18H28N2O3/c1-3-16(23-17-6-4-5-13(2)11-17)12-19-18(22)20-14-7-9-15(21)10-8-14/h4-6,11,14-16,21H,3,7-10,12H2,1-2H3,(H2,19,20,22). The SMILES string of the molecule is CCC(CNC(=O)NC1CCC(O)CC1)Oc1cccc(C)c1. The van der Waals surface area contributed by atoms with Crippen LogP contribution in [0.25, 0.3) is 0 Å². The lowest BCUT2D eigenvalue weighted by molar-refractivity contribution is 0.117. The Kier molecular flexibility index (Phi) is 6.71. The van der Waals surface area contributed by atoms with Crippen LogP contribution in [-0.4, -0.2) is 35.9 Å². The first-order valence-corrected chi connectivity index (χ1v) is 8.52. The van der Waals surface area contributed by atoms with Crippen LogP contribution in [-0.2, 0) is 0 Å². The minimum atomic E-state index is -0.205. The average Bonchev–Trinajstić information content (AvgIpc) is 2.53. The number of aryl methyl sites for hydroxylation is 1. The molecule has 1 aliphatic carbocycles. The highest BCUT2D eigenvalue weighted by Gasteiger charge is 2.21. The minimum Gasteiger partial charge on any atom is -0.489 e. The molecule has 0 radical (unpaired) electrons. The van der Waals surface area contributed by atoms with Gasteiger partial charge in [0.1, 0.15) is 11.9 Å². The van der Waals surface area contributed by atoms with E-state index in [2.05, 4.69) is 10.6 Å². The molecule has 0 spiro atoms. The van der Waals surface area contributed by atoms with Gasteiger partial charge in [-0.05, 0) is 56.7 Å². The predicted octanol–water partition coefficient (Wildman–Crippen LogP) is 2.76. The maximum absolute atomic E-state index is 12.0. The zero-order chi connectivity index (χ0) is 16.7. The number of carbonyl (C=O) groups is 1. The average molecular weight is 320 g/mol. The Morgan fingerprint density at radius 2 is 2.09 bits per heavy atom. The first kappa shape index (κ1) is 17.6. The third kappa shape index (κ3) is 6.10. The van der Waals surface area contributed by atoms with Gasteiger partial charge in [-0.1, -0.05) is 19.1 Å². The van der Waals surface area contributed by atoms with E-state index in [9.17, 15) is 9.90 Å². The van der Waals surface area contributed by atoms with Crippen LogP contribution in [0.1, 0.15) is 44.6 Å². The van der Waals surface area contributed by atoms with Crippen LogP contribution in [0.5, 0.6) is 5.75 Å². The first-order valence-electron chi connectivity index (χ1n) is 8.52. The van der Waals surface area contributed by atoms with E-state index in [1.165, 1.54) is 0 Å². The van der Waals surface area contributed by atoms with Gasteiger partial charge < -0.3 is 20.5 Å². The third-order valence-electron chi connectivity index (χ3n) is 4.27. The fourth-order valence-electron chi connectivity index (χ4n) is 2.81. The lowest BCUT2D eigenvalue weighted by atomic mass is 9.93. The molecule has 1 atom stereocenters. The molecule has 5 heteroatoms. The summed E-state index contributed by atoms with van der Waals surface area (Å²) in [4.78, 5) is 12.0. The Morgan fingerprint density at radius 3 is 2.74 bits per heavy atom. The number of urea groups is 1. The van der Waals surface area contributed by atoms with Crippen molar-refractivity contribution < 1.29 is 14.6 Å². The van der Waals surface area contributed by atoms with Gasteiger partial charge in [-0.3, -0.25) is 0 Å². The van der Waals surface area contributed by atoms with Crippen molar-refractivity contribution in [3.05, 3.63) is 29.8 Å². The van der Waals surface area contributed by atoms with Crippen molar-refractivity contribution in [2.45, 2.75) is 64.2 Å². The maximum atomic E-state index is 12.0. The third-order valence-corrected chi connectivity index (χ3v) is 4.27. The van der Waals surface area contributed by atoms with Gasteiger partial charge in [0.05, 0.1) is 12.6 Å². The van der Waals surface area contributed by atoms with E-state index >= 15 is 0 Å². The molecular formula is C18H28N2O3. The molecule has 1 saturated carbocycles. The number of hydrogen-bond donors (Lipinski definition) is 3. The van der Waals surface area contributed by atoms with Crippen molar-refractivity contribution >= 4 is 6.03 Å². The molecule has 0 aromatic heterocycles. The van der Waals surface area contributed by atoms with Crippen LogP contribution in [0, 0.1) is 6.92 Å². The molecule has 2 amide bonds. The van der Waals surface area contributed by atoms with E-state index in [0.717, 1.165) is 43.4 Å². The number of amides is 2. The molecule has 0 heterocycles. The number of aliphatic hydroxyl groups is 1. The first-order chi connectivity index (χ1) is 11.1. The Balaban J connectivity index is 1.73. The topological polar surface area (TPSA) is 70.6 Å². The molecule has 1 aromatic carbocycles. The Labute approximate surface area is 138 Å². The van der Waals surface area contributed by atoms with Crippen molar-refractivity contribution in [1.82, 2.24) is 10.6 Å². The second-order valence-corrected chi connectivity index (χ2v) is 6.32. The lowest BCUT2D eigenvalue weighted by Gasteiger charge is -2.26. The van der Waals surface area contributed by atoms with Gasteiger partial charge in [-0.25, -0.2) is 4.79 Å². The molecule has 1 unspecified atom stereocenters. The second kappa shape index (κ2) is 8.77. The van der Waals surface area contributed by atoms with Crippen molar-refractivity contribution in [3.63, 3.8) is 0 Å². The van der Waals surface area contributed by atoms with Crippen LogP contribution < -0.4 is 15.4 Å². The van der Waals surface area contributed by atoms with Gasteiger partial charge in [-0.15, -0.1) is 0 Å². The van der Waals surface area contributed by atoms with Gasteiger partial charge >= 0.3 is 6.03 Å². The quantitative estimate of drug-likeness (QED) is 0.755. The Hall–Kier alpha value is -1.75. The van der Waals surface area contributed by atoms with Crippen LogP contribution >= 0.6 is 0 Å². The van der Waals surface area contributed by atoms with E-state index in [0.29, 0.717) is 6.54 Å². The summed E-state index contributed by atoms with van der Waals surface area (Å²) in [5.41, 5.74) is 1.16. The Bertz CT molecular complexity index is 499. The zero-order valence-corrected chi connectivity index (χ0v) is 14.0. The summed E-state index contributed by atoms with van der Waals surface area (Å²) >= 11 is 0. The monoisotopic (exact) mass is 320 g/mol. The van der Waals surface area contributed by atoms with Crippen molar-refractivity contribution in [3.8, 4) is 5.75 Å². The summed E-state index contributed by atoms with van der Waals surface area (Å²) in [6, 6.07) is 7.93. The van der Waals surface area contributed by atoms with E-state index in [-0.39, 0.29) is 24.3 Å². The van der Waals surface area contributed by atoms with Crippen molar-refractivity contribution in [2.75, 3.05) is 6.54 Å². The maximum Gasteiger partial charge on any atom is 0.315 e. The molecule has 23 heavy (non-hydrogen) atoms. The number of aliphatic hydroxyl groups excluding tert-OH is 1. The van der Waals surface area contributed by atoms with Gasteiger partial charge in [-0.2, -0.15) is 0 Å². The number of rotatable bonds is 6. The molecule has 3 N–H and O–H groups in total. The van der Waals surface area contributed by atoms with Crippen molar-refractivity contribution in [2.24, 2.45) is 0 Å². The predicted molar refractivity (Wildman–Crippen MR) is 90.7 cm³/mol. The van der Waals surface area contributed by atoms with Crippen LogP contribution in [0.4, 0.5) is 4.79 Å². The molecule has 1 aliphatic rings. The van der Waals surface area contributed by atoms with E-state index < -0.39 is 0 Å². The van der Waals surface area contributed by atoms with Gasteiger partial charge in [0.25, 0.3) is 0 Å². The molecule has 5 nitrogen and oxygen atoms in total.